The minimum Gasteiger partial charge on any atom is -0.494 e. The number of hydrogen-bond acceptors (Lipinski definition) is 5. The van der Waals surface area contributed by atoms with E-state index in [2.05, 4.69) is 17.2 Å². The number of nitrogens with zero attached hydrogens (tertiary/aromatic N) is 1. The number of ether oxygens (including phenoxy) is 1. The van der Waals surface area contributed by atoms with Crippen molar-refractivity contribution < 1.29 is 14.3 Å². The first-order valence-corrected chi connectivity index (χ1v) is 10.5. The Bertz CT molecular complexity index is 634. The van der Waals surface area contributed by atoms with Gasteiger partial charge in [0, 0.05) is 19.2 Å². The monoisotopic (exact) mass is 403 g/mol. The summed E-state index contributed by atoms with van der Waals surface area (Å²) >= 11 is 0. The third-order valence-electron chi connectivity index (χ3n) is 4.98. The van der Waals surface area contributed by atoms with Gasteiger partial charge in [0.2, 0.25) is 5.91 Å². The summed E-state index contributed by atoms with van der Waals surface area (Å²) in [5, 5.41) is 5.87. The van der Waals surface area contributed by atoms with Gasteiger partial charge in [-0.1, -0.05) is 18.9 Å². The fraction of sp³-hybridized carbons (Fsp3) is 0.565. The number of benzene rings is 1. The molecule has 162 valence electrons. The van der Waals surface area contributed by atoms with Gasteiger partial charge in [-0.05, 0) is 70.1 Å². The number of likely N-dealkylation sites (N-methyl/N-ethyl adjacent to an activating group) is 2. The summed E-state index contributed by atoms with van der Waals surface area (Å²) in [6.07, 6.45) is 8.62. The molecule has 0 aliphatic rings. The summed E-state index contributed by atoms with van der Waals surface area (Å²) in [5.74, 6) is 0.726. The second-order valence-electron chi connectivity index (χ2n) is 7.26. The van der Waals surface area contributed by atoms with E-state index >= 15 is 0 Å². The Morgan fingerprint density at radius 2 is 2.00 bits per heavy atom. The van der Waals surface area contributed by atoms with Gasteiger partial charge >= 0.3 is 0 Å². The minimum absolute atomic E-state index is 0.0346. The molecule has 1 aromatic rings. The van der Waals surface area contributed by atoms with Crippen LogP contribution in [0.2, 0.25) is 0 Å². The molecule has 29 heavy (non-hydrogen) atoms. The first kappa shape index (κ1) is 24.9. The van der Waals surface area contributed by atoms with Crippen molar-refractivity contribution in [2.45, 2.75) is 51.1 Å². The zero-order chi connectivity index (χ0) is 21.5. The van der Waals surface area contributed by atoms with Crippen molar-refractivity contribution in [1.29, 1.82) is 0 Å². The number of unbranched alkanes of at least 4 members (excludes halogenated alkanes) is 3. The molecule has 2 N–H and O–H groups in total. The standard InChI is InChI=1S/C23H37N3O3/c1-5-6-11-22(23(28)25-3)26(4)17-20-16-21(13-12-19(20)18-27)29-15-10-8-7-9-14-24-2/h5,12-13,16,18,22,24H,1,6-11,14-15,17H2,2-4H3,(H,25,28). The maximum Gasteiger partial charge on any atom is 0.237 e. The van der Waals surface area contributed by atoms with E-state index in [1.54, 1.807) is 13.1 Å². The van der Waals surface area contributed by atoms with Gasteiger partial charge in [-0.15, -0.1) is 6.58 Å². The zero-order valence-electron chi connectivity index (χ0n) is 18.2. The van der Waals surface area contributed by atoms with Gasteiger partial charge in [0.05, 0.1) is 12.6 Å². The third-order valence-corrected chi connectivity index (χ3v) is 4.98. The highest BCUT2D eigenvalue weighted by atomic mass is 16.5. The Morgan fingerprint density at radius 1 is 1.24 bits per heavy atom. The summed E-state index contributed by atoms with van der Waals surface area (Å²) < 4.78 is 5.89. The molecule has 0 aromatic heterocycles. The van der Waals surface area contributed by atoms with E-state index in [-0.39, 0.29) is 11.9 Å². The van der Waals surface area contributed by atoms with Crippen molar-refractivity contribution in [2.24, 2.45) is 0 Å². The largest absolute Gasteiger partial charge is 0.494 e. The SMILES string of the molecule is C=CCCC(C(=O)NC)N(C)Cc1cc(OCCCCCCNC)ccc1C=O. The van der Waals surface area contributed by atoms with Crippen molar-refractivity contribution in [3.63, 3.8) is 0 Å². The maximum absolute atomic E-state index is 12.3. The Hall–Kier alpha value is -2.18. The first-order chi connectivity index (χ1) is 14.1. The molecule has 1 aromatic carbocycles. The average Bonchev–Trinajstić information content (AvgIpc) is 2.73. The van der Waals surface area contributed by atoms with Crippen molar-refractivity contribution in [3.05, 3.63) is 42.0 Å². The first-order valence-electron chi connectivity index (χ1n) is 10.5. The van der Waals surface area contributed by atoms with E-state index < -0.39 is 0 Å². The van der Waals surface area contributed by atoms with Gasteiger partial charge in [0.25, 0.3) is 0 Å². The van der Waals surface area contributed by atoms with Crippen LogP contribution in [0, 0.1) is 0 Å². The summed E-state index contributed by atoms with van der Waals surface area (Å²) in [6, 6.07) is 5.26. The molecule has 0 saturated carbocycles. The molecule has 1 rings (SSSR count). The second-order valence-corrected chi connectivity index (χ2v) is 7.26. The highest BCUT2D eigenvalue weighted by Crippen LogP contribution is 2.20. The van der Waals surface area contributed by atoms with Crippen molar-refractivity contribution in [3.8, 4) is 5.75 Å². The number of nitrogens with one attached hydrogen (secondary N) is 2. The lowest BCUT2D eigenvalue weighted by Crippen LogP contribution is -2.43. The number of amides is 1. The van der Waals surface area contributed by atoms with Gasteiger partial charge < -0.3 is 15.4 Å². The van der Waals surface area contributed by atoms with Crippen LogP contribution >= 0.6 is 0 Å². The van der Waals surface area contributed by atoms with Crippen LogP contribution < -0.4 is 15.4 Å². The molecule has 6 heteroatoms. The molecule has 1 unspecified atom stereocenters. The Labute approximate surface area is 175 Å². The van der Waals surface area contributed by atoms with Gasteiger partial charge in [0.1, 0.15) is 12.0 Å². The van der Waals surface area contributed by atoms with Crippen LogP contribution in [-0.2, 0) is 11.3 Å². The number of carbonyl (C=O) groups is 2. The lowest BCUT2D eigenvalue weighted by atomic mass is 10.0. The van der Waals surface area contributed by atoms with E-state index in [1.165, 1.54) is 12.8 Å². The predicted octanol–water partition coefficient (Wildman–Crippen LogP) is 3.17. The fourth-order valence-electron chi connectivity index (χ4n) is 3.24. The molecular formula is C23H37N3O3. The fourth-order valence-corrected chi connectivity index (χ4v) is 3.24. The summed E-state index contributed by atoms with van der Waals surface area (Å²) in [4.78, 5) is 25.7. The van der Waals surface area contributed by atoms with E-state index in [9.17, 15) is 9.59 Å². The van der Waals surface area contributed by atoms with Gasteiger partial charge in [-0.2, -0.15) is 0 Å². The number of carbonyl (C=O) groups excluding carboxylic acids is 2. The molecule has 0 aliphatic carbocycles. The molecule has 0 spiro atoms. The molecular weight excluding hydrogens is 366 g/mol. The lowest BCUT2D eigenvalue weighted by Gasteiger charge is -2.27. The zero-order valence-corrected chi connectivity index (χ0v) is 18.2. The minimum atomic E-state index is -0.278. The number of rotatable bonds is 16. The molecule has 0 saturated heterocycles. The second kappa shape index (κ2) is 14.8. The highest BCUT2D eigenvalue weighted by Gasteiger charge is 2.22. The maximum atomic E-state index is 12.3. The van der Waals surface area contributed by atoms with Gasteiger partial charge in [-0.3, -0.25) is 14.5 Å². The molecule has 1 atom stereocenters. The van der Waals surface area contributed by atoms with Crippen LogP contribution in [0.15, 0.2) is 30.9 Å². The van der Waals surface area contributed by atoms with Crippen LogP contribution in [-0.4, -0.2) is 57.4 Å². The topological polar surface area (TPSA) is 70.7 Å². The smallest absolute Gasteiger partial charge is 0.237 e. The van der Waals surface area contributed by atoms with Crippen LogP contribution in [0.25, 0.3) is 0 Å². The molecule has 1 amide bonds. The highest BCUT2D eigenvalue weighted by molar-refractivity contribution is 5.81. The van der Waals surface area contributed by atoms with E-state index in [1.807, 2.05) is 37.2 Å². The quantitative estimate of drug-likeness (QED) is 0.252. The van der Waals surface area contributed by atoms with Crippen LogP contribution in [0.4, 0.5) is 0 Å². The number of allylic oxidation sites excluding steroid dienone is 1. The van der Waals surface area contributed by atoms with Crippen molar-refractivity contribution in [2.75, 3.05) is 34.3 Å². The molecule has 0 radical (unpaired) electrons. The Morgan fingerprint density at radius 3 is 2.66 bits per heavy atom. The normalized spacial score (nSPS) is 11.9. The molecule has 0 aliphatic heterocycles. The van der Waals surface area contributed by atoms with Gasteiger partial charge in [0.15, 0.2) is 0 Å². The van der Waals surface area contributed by atoms with Crippen molar-refractivity contribution in [1.82, 2.24) is 15.5 Å². The van der Waals surface area contributed by atoms with Crippen LogP contribution in [0.1, 0.15) is 54.4 Å². The number of hydrogen-bond donors (Lipinski definition) is 2. The summed E-state index contributed by atoms with van der Waals surface area (Å²) in [6.45, 7) is 5.94. The molecule has 0 bridgehead atoms. The third kappa shape index (κ3) is 9.24. The molecule has 0 fully saturated rings. The summed E-state index contributed by atoms with van der Waals surface area (Å²) in [5.41, 5.74) is 1.48. The molecule has 0 heterocycles. The van der Waals surface area contributed by atoms with Gasteiger partial charge in [-0.25, -0.2) is 0 Å². The number of aldehydes is 1. The van der Waals surface area contributed by atoms with E-state index in [4.69, 9.17) is 4.74 Å². The van der Waals surface area contributed by atoms with E-state index in [0.717, 1.165) is 43.4 Å². The lowest BCUT2D eigenvalue weighted by molar-refractivity contribution is -0.125. The predicted molar refractivity (Wildman–Crippen MR) is 118 cm³/mol. The average molecular weight is 404 g/mol. The van der Waals surface area contributed by atoms with E-state index in [0.29, 0.717) is 25.1 Å². The Balaban J connectivity index is 2.70. The Kier molecular flexibility index (Phi) is 12.7. The van der Waals surface area contributed by atoms with Crippen molar-refractivity contribution >= 4 is 12.2 Å². The summed E-state index contributed by atoms with van der Waals surface area (Å²) in [7, 11) is 5.51. The van der Waals surface area contributed by atoms with Crippen LogP contribution in [0.3, 0.4) is 0 Å². The molecule has 6 nitrogen and oxygen atoms in total. The van der Waals surface area contributed by atoms with Crippen LogP contribution in [0.5, 0.6) is 5.75 Å².